The Hall–Kier alpha value is -2.34. The smallest absolute Gasteiger partial charge is 0.338 e. The summed E-state index contributed by atoms with van der Waals surface area (Å²) in [5.74, 6) is 0.0595. The number of urea groups is 1. The fraction of sp³-hybridized carbons (Fsp3) is 0.583. The highest BCUT2D eigenvalue weighted by atomic mass is 16.5. The molecule has 164 valence electrons. The van der Waals surface area contributed by atoms with Crippen molar-refractivity contribution in [3.63, 3.8) is 0 Å². The maximum Gasteiger partial charge on any atom is 0.338 e. The van der Waals surface area contributed by atoms with Crippen molar-refractivity contribution in [3.05, 3.63) is 46.7 Å². The highest BCUT2D eigenvalue weighted by Gasteiger charge is 2.38. The Labute approximate surface area is 180 Å². The summed E-state index contributed by atoms with van der Waals surface area (Å²) in [6.45, 7) is 10.2. The van der Waals surface area contributed by atoms with E-state index in [1.165, 1.54) is 12.0 Å². The van der Waals surface area contributed by atoms with Gasteiger partial charge in [0, 0.05) is 25.3 Å². The average Bonchev–Trinajstić information content (AvgIpc) is 2.72. The van der Waals surface area contributed by atoms with Crippen molar-refractivity contribution in [2.45, 2.75) is 65.0 Å². The van der Waals surface area contributed by atoms with E-state index >= 15 is 0 Å². The number of carbonyl (C=O) groups excluding carboxylic acids is 2. The Morgan fingerprint density at radius 2 is 1.93 bits per heavy atom. The molecule has 2 aliphatic rings. The van der Waals surface area contributed by atoms with Crippen molar-refractivity contribution in [1.82, 2.24) is 15.1 Å². The summed E-state index contributed by atoms with van der Waals surface area (Å²) >= 11 is 0. The van der Waals surface area contributed by atoms with Crippen molar-refractivity contribution in [3.8, 4) is 0 Å². The molecule has 1 saturated heterocycles. The first-order chi connectivity index (χ1) is 14.3. The van der Waals surface area contributed by atoms with E-state index in [1.54, 1.807) is 11.9 Å². The molecule has 30 heavy (non-hydrogen) atoms. The van der Waals surface area contributed by atoms with Crippen molar-refractivity contribution in [1.29, 1.82) is 0 Å². The topological polar surface area (TPSA) is 61.9 Å². The van der Waals surface area contributed by atoms with Gasteiger partial charge in [0.2, 0.25) is 0 Å². The van der Waals surface area contributed by atoms with Gasteiger partial charge in [-0.1, -0.05) is 44.5 Å². The number of nitrogens with one attached hydrogen (secondary N) is 1. The Morgan fingerprint density at radius 1 is 1.23 bits per heavy atom. The Balaban J connectivity index is 2.04. The van der Waals surface area contributed by atoms with Gasteiger partial charge in [-0.05, 0) is 50.3 Å². The third-order valence-electron chi connectivity index (χ3n) is 6.30. The van der Waals surface area contributed by atoms with Crippen LogP contribution < -0.4 is 5.32 Å². The van der Waals surface area contributed by atoms with Crippen LogP contribution in [0, 0.1) is 0 Å². The SMILES string of the molecule is CCOC(=O)C1=C(CN2CCCC[C@H]2C)N(C)C(=O)N[C@H]1c1ccc(C(C)C)cc1. The molecule has 3 rings (SSSR count). The lowest BCUT2D eigenvalue weighted by atomic mass is 9.92. The molecule has 2 heterocycles. The van der Waals surface area contributed by atoms with Crippen molar-refractivity contribution in [2.75, 3.05) is 26.7 Å². The molecular weight excluding hydrogens is 378 g/mol. The summed E-state index contributed by atoms with van der Waals surface area (Å²) in [4.78, 5) is 29.8. The molecular formula is C24H35N3O3. The molecule has 0 unspecified atom stereocenters. The molecule has 0 bridgehead atoms. The van der Waals surface area contributed by atoms with Crippen LogP contribution in [0.4, 0.5) is 4.79 Å². The molecule has 2 atom stereocenters. The lowest BCUT2D eigenvalue weighted by Crippen LogP contribution is -2.50. The lowest BCUT2D eigenvalue weighted by molar-refractivity contribution is -0.139. The second kappa shape index (κ2) is 9.65. The summed E-state index contributed by atoms with van der Waals surface area (Å²) < 4.78 is 5.43. The fourth-order valence-corrected chi connectivity index (χ4v) is 4.31. The zero-order valence-electron chi connectivity index (χ0n) is 18.9. The lowest BCUT2D eigenvalue weighted by Gasteiger charge is -2.39. The van der Waals surface area contributed by atoms with E-state index in [2.05, 4.69) is 43.1 Å². The van der Waals surface area contributed by atoms with Gasteiger partial charge in [-0.3, -0.25) is 9.80 Å². The zero-order valence-corrected chi connectivity index (χ0v) is 18.9. The van der Waals surface area contributed by atoms with Crippen LogP contribution in [0.5, 0.6) is 0 Å². The minimum Gasteiger partial charge on any atom is -0.463 e. The summed E-state index contributed by atoms with van der Waals surface area (Å²) in [5, 5.41) is 3.01. The first kappa shape index (κ1) is 22.3. The van der Waals surface area contributed by atoms with Crippen LogP contribution in [0.25, 0.3) is 0 Å². The number of piperidine rings is 1. The van der Waals surface area contributed by atoms with Gasteiger partial charge in [0.15, 0.2) is 0 Å². The molecule has 6 heteroatoms. The van der Waals surface area contributed by atoms with Crippen molar-refractivity contribution >= 4 is 12.0 Å². The minimum absolute atomic E-state index is 0.194. The average molecular weight is 414 g/mol. The molecule has 0 radical (unpaired) electrons. The molecule has 2 aliphatic heterocycles. The fourth-order valence-electron chi connectivity index (χ4n) is 4.31. The van der Waals surface area contributed by atoms with E-state index in [4.69, 9.17) is 4.74 Å². The van der Waals surface area contributed by atoms with Gasteiger partial charge >= 0.3 is 12.0 Å². The number of amides is 2. The van der Waals surface area contributed by atoms with Gasteiger partial charge in [-0.15, -0.1) is 0 Å². The normalized spacial score (nSPS) is 23.0. The van der Waals surface area contributed by atoms with Crippen molar-refractivity contribution < 1.29 is 14.3 Å². The second-order valence-electron chi connectivity index (χ2n) is 8.66. The molecule has 0 saturated carbocycles. The summed E-state index contributed by atoms with van der Waals surface area (Å²) in [5.41, 5.74) is 3.40. The third-order valence-corrected chi connectivity index (χ3v) is 6.30. The predicted octanol–water partition coefficient (Wildman–Crippen LogP) is 4.20. The van der Waals surface area contributed by atoms with Crippen LogP contribution in [0.15, 0.2) is 35.5 Å². The third kappa shape index (κ3) is 4.69. The maximum atomic E-state index is 13.1. The number of likely N-dealkylation sites (N-methyl/N-ethyl adjacent to an activating group) is 1. The maximum absolute atomic E-state index is 13.1. The van der Waals surface area contributed by atoms with Crippen LogP contribution in [-0.2, 0) is 9.53 Å². The summed E-state index contributed by atoms with van der Waals surface area (Å²) in [6, 6.07) is 7.87. The molecule has 0 aromatic heterocycles. The standard InChI is InChI=1S/C24H35N3O3/c1-6-30-23(28)21-20(15-27-14-8-7-9-17(27)4)26(5)24(29)25-22(21)19-12-10-18(11-13-19)16(2)3/h10-13,16-17,22H,6-9,14-15H2,1-5H3,(H,25,29)/t17-,22+/m1/s1. The van der Waals surface area contributed by atoms with Crippen LogP contribution in [-0.4, -0.2) is 54.6 Å². The number of hydrogen-bond donors (Lipinski definition) is 1. The molecule has 6 nitrogen and oxygen atoms in total. The van der Waals surface area contributed by atoms with Gasteiger partial charge in [0.25, 0.3) is 0 Å². The highest BCUT2D eigenvalue weighted by molar-refractivity contribution is 5.95. The highest BCUT2D eigenvalue weighted by Crippen LogP contribution is 2.33. The first-order valence-electron chi connectivity index (χ1n) is 11.1. The number of rotatable bonds is 6. The molecule has 0 spiro atoms. The van der Waals surface area contributed by atoms with Crippen LogP contribution in [0.1, 0.15) is 70.0 Å². The Bertz CT molecular complexity index is 800. The minimum atomic E-state index is -0.510. The molecule has 1 N–H and O–H groups in total. The van der Waals surface area contributed by atoms with E-state index in [-0.39, 0.29) is 12.0 Å². The van der Waals surface area contributed by atoms with Crippen molar-refractivity contribution in [2.24, 2.45) is 0 Å². The Morgan fingerprint density at radius 3 is 2.53 bits per heavy atom. The second-order valence-corrected chi connectivity index (χ2v) is 8.66. The quantitative estimate of drug-likeness (QED) is 0.710. The van der Waals surface area contributed by atoms with E-state index in [0.29, 0.717) is 30.7 Å². The molecule has 1 fully saturated rings. The van der Waals surface area contributed by atoms with Gasteiger partial charge in [-0.2, -0.15) is 0 Å². The van der Waals surface area contributed by atoms with Crippen LogP contribution >= 0.6 is 0 Å². The monoisotopic (exact) mass is 413 g/mol. The predicted molar refractivity (Wildman–Crippen MR) is 118 cm³/mol. The molecule has 0 aliphatic carbocycles. The molecule has 1 aromatic carbocycles. The number of carbonyl (C=O) groups is 2. The number of hydrogen-bond acceptors (Lipinski definition) is 4. The van der Waals surface area contributed by atoms with E-state index < -0.39 is 6.04 Å². The largest absolute Gasteiger partial charge is 0.463 e. The van der Waals surface area contributed by atoms with Gasteiger partial charge < -0.3 is 10.1 Å². The summed E-state index contributed by atoms with van der Waals surface area (Å²) in [6.07, 6.45) is 3.50. The molecule has 2 amide bonds. The van der Waals surface area contributed by atoms with Crippen LogP contribution in [0.3, 0.4) is 0 Å². The van der Waals surface area contributed by atoms with Gasteiger partial charge in [-0.25, -0.2) is 9.59 Å². The van der Waals surface area contributed by atoms with E-state index in [9.17, 15) is 9.59 Å². The van der Waals surface area contributed by atoms with Gasteiger partial charge in [0.1, 0.15) is 0 Å². The molecule has 1 aromatic rings. The first-order valence-corrected chi connectivity index (χ1v) is 11.1. The van der Waals surface area contributed by atoms with E-state index in [1.807, 2.05) is 19.1 Å². The number of nitrogens with zero attached hydrogens (tertiary/aromatic N) is 2. The van der Waals surface area contributed by atoms with Gasteiger partial charge in [0.05, 0.1) is 18.2 Å². The summed E-state index contributed by atoms with van der Waals surface area (Å²) in [7, 11) is 1.73. The number of esters is 1. The van der Waals surface area contributed by atoms with E-state index in [0.717, 1.165) is 30.6 Å². The van der Waals surface area contributed by atoms with Crippen LogP contribution in [0.2, 0.25) is 0 Å². The Kier molecular flexibility index (Phi) is 7.19. The zero-order chi connectivity index (χ0) is 21.8. The number of likely N-dealkylation sites (tertiary alicyclic amines) is 1. The number of benzene rings is 1. The number of ether oxygens (including phenoxy) is 1.